The van der Waals surface area contributed by atoms with Crippen LogP contribution in [0.5, 0.6) is 11.5 Å². The van der Waals surface area contributed by atoms with Crippen molar-refractivity contribution in [3.05, 3.63) is 58.1 Å². The molecule has 1 saturated heterocycles. The lowest BCUT2D eigenvalue weighted by atomic mass is 10.0. The van der Waals surface area contributed by atoms with Crippen molar-refractivity contribution in [3.63, 3.8) is 0 Å². The normalized spacial score (nSPS) is 16.2. The van der Waals surface area contributed by atoms with E-state index in [1.165, 1.54) is 19.2 Å². The van der Waals surface area contributed by atoms with Crippen LogP contribution in [0.1, 0.15) is 22.3 Å². The molecule has 2 atom stereocenters. The fraction of sp³-hybridized carbons (Fsp3) is 0.318. The number of halogens is 2. The van der Waals surface area contributed by atoms with Crippen molar-refractivity contribution in [2.24, 2.45) is 0 Å². The van der Waals surface area contributed by atoms with E-state index in [1.807, 2.05) is 42.3 Å². The number of carbonyl (C=O) groups is 3. The summed E-state index contributed by atoms with van der Waals surface area (Å²) in [6, 6.07) is 10.4. The summed E-state index contributed by atoms with van der Waals surface area (Å²) in [5, 5.41) is 13.0. The van der Waals surface area contributed by atoms with Gasteiger partial charge in [-0.2, -0.15) is 0 Å². The van der Waals surface area contributed by atoms with E-state index < -0.39 is 23.9 Å². The zero-order valence-corrected chi connectivity index (χ0v) is 19.9. The van der Waals surface area contributed by atoms with Crippen LogP contribution in [0.3, 0.4) is 0 Å². The van der Waals surface area contributed by atoms with E-state index in [0.29, 0.717) is 10.9 Å². The minimum absolute atomic E-state index is 0. The molecule has 0 aromatic heterocycles. The van der Waals surface area contributed by atoms with Gasteiger partial charge in [0.15, 0.2) is 0 Å². The zero-order valence-electron chi connectivity index (χ0n) is 17.5. The molecule has 32 heavy (non-hydrogen) atoms. The highest BCUT2D eigenvalue weighted by Crippen LogP contribution is 2.33. The van der Waals surface area contributed by atoms with Gasteiger partial charge in [0.2, 0.25) is 0 Å². The summed E-state index contributed by atoms with van der Waals surface area (Å²) in [6.07, 6.45) is 0.932. The van der Waals surface area contributed by atoms with Crippen LogP contribution in [0, 0.1) is 0 Å². The van der Waals surface area contributed by atoms with Gasteiger partial charge < -0.3 is 19.9 Å². The summed E-state index contributed by atoms with van der Waals surface area (Å²) in [7, 11) is 3.06. The molecule has 1 fully saturated rings. The van der Waals surface area contributed by atoms with Gasteiger partial charge in [-0.15, -0.1) is 12.4 Å². The van der Waals surface area contributed by atoms with E-state index in [9.17, 15) is 19.5 Å². The Bertz CT molecular complexity index is 988. The maximum Gasteiger partial charge on any atom is 0.328 e. The van der Waals surface area contributed by atoms with Crippen molar-refractivity contribution in [3.8, 4) is 11.5 Å². The van der Waals surface area contributed by atoms with Gasteiger partial charge in [0.05, 0.1) is 17.1 Å². The number of nitrogens with zero attached hydrogens (tertiary/aromatic N) is 1. The number of carbonyl (C=O) groups excluding carboxylic acids is 3. The average Bonchev–Trinajstić information content (AvgIpc) is 2.74. The second kappa shape index (κ2) is 11.3. The summed E-state index contributed by atoms with van der Waals surface area (Å²) in [5.41, 5.74) is 0.765. The van der Waals surface area contributed by atoms with Crippen LogP contribution in [0.4, 0.5) is 0 Å². The van der Waals surface area contributed by atoms with Crippen molar-refractivity contribution in [1.29, 1.82) is 0 Å². The Balaban J connectivity index is 0.00000363. The molecule has 0 bridgehead atoms. The van der Waals surface area contributed by atoms with Crippen LogP contribution in [0.25, 0.3) is 0 Å². The smallest absolute Gasteiger partial charge is 0.328 e. The number of hydrogen-bond donors (Lipinski definition) is 2. The number of rotatable bonds is 7. The number of amides is 1. The fourth-order valence-corrected chi connectivity index (χ4v) is 3.64. The molecule has 1 heterocycles. The number of ether oxygens (including phenoxy) is 2. The SMILES string of the molecule is COC(=O)[C@H](Cc1ccccc1)NC(=O)c1cc(Br)c(OC(=O)C2CCN2C)cc1O.Cl. The lowest BCUT2D eigenvalue weighted by Crippen LogP contribution is -2.51. The molecule has 172 valence electrons. The van der Waals surface area contributed by atoms with Crippen molar-refractivity contribution < 1.29 is 29.0 Å². The maximum absolute atomic E-state index is 12.8. The topological polar surface area (TPSA) is 105 Å². The first-order valence-corrected chi connectivity index (χ1v) is 10.5. The molecule has 2 aromatic rings. The Morgan fingerprint density at radius 1 is 1.25 bits per heavy atom. The Kier molecular flexibility index (Phi) is 9.06. The van der Waals surface area contributed by atoms with Crippen LogP contribution < -0.4 is 10.1 Å². The largest absolute Gasteiger partial charge is 0.507 e. The third-order valence-corrected chi connectivity index (χ3v) is 5.76. The molecule has 8 nitrogen and oxygen atoms in total. The van der Waals surface area contributed by atoms with Crippen molar-refractivity contribution in [1.82, 2.24) is 10.2 Å². The summed E-state index contributed by atoms with van der Waals surface area (Å²) >= 11 is 3.27. The van der Waals surface area contributed by atoms with E-state index >= 15 is 0 Å². The Labute approximate surface area is 200 Å². The molecule has 2 aromatic carbocycles. The number of benzene rings is 2. The first kappa shape index (κ1) is 25.6. The van der Waals surface area contributed by atoms with Crippen LogP contribution in [-0.2, 0) is 20.7 Å². The molecule has 0 spiro atoms. The first-order chi connectivity index (χ1) is 14.8. The van der Waals surface area contributed by atoms with Crippen LogP contribution in [0.15, 0.2) is 46.9 Å². The Hall–Kier alpha value is -2.62. The number of methoxy groups -OCH3 is 1. The quantitative estimate of drug-likeness (QED) is 0.421. The molecule has 0 radical (unpaired) electrons. The molecule has 0 aliphatic carbocycles. The Morgan fingerprint density at radius 2 is 1.94 bits per heavy atom. The fourth-order valence-electron chi connectivity index (χ4n) is 3.21. The van der Waals surface area contributed by atoms with Crippen LogP contribution in [-0.4, -0.2) is 60.6 Å². The molecule has 1 aliphatic heterocycles. The summed E-state index contributed by atoms with van der Waals surface area (Å²) < 4.78 is 10.5. The summed E-state index contributed by atoms with van der Waals surface area (Å²) in [6.45, 7) is 0.815. The highest BCUT2D eigenvalue weighted by molar-refractivity contribution is 9.10. The number of esters is 2. The summed E-state index contributed by atoms with van der Waals surface area (Å²) in [5.74, 6) is -1.98. The number of phenols is 1. The average molecular weight is 528 g/mol. The Morgan fingerprint density at radius 3 is 2.50 bits per heavy atom. The zero-order chi connectivity index (χ0) is 22.5. The van der Waals surface area contributed by atoms with E-state index in [1.54, 1.807) is 0 Å². The molecule has 1 unspecified atom stereocenters. The van der Waals surface area contributed by atoms with E-state index in [4.69, 9.17) is 9.47 Å². The van der Waals surface area contributed by atoms with Crippen molar-refractivity contribution >= 4 is 46.2 Å². The standard InChI is InChI=1S/C22H23BrN2O6.ClH/c1-25-9-8-17(25)22(29)31-19-12-18(26)14(11-15(19)23)20(27)24-16(21(28)30-2)10-13-6-4-3-5-7-13;/h3-7,11-12,16-17,26H,8-10H2,1-2H3,(H,24,27);1H/t16-,17?;/m0./s1. The van der Waals surface area contributed by atoms with Gasteiger partial charge in [-0.3, -0.25) is 9.69 Å². The van der Waals surface area contributed by atoms with E-state index in [2.05, 4.69) is 21.2 Å². The molecule has 10 heteroatoms. The summed E-state index contributed by atoms with van der Waals surface area (Å²) in [4.78, 5) is 39.0. The van der Waals surface area contributed by atoms with Gasteiger partial charge in [-0.1, -0.05) is 30.3 Å². The monoisotopic (exact) mass is 526 g/mol. The highest BCUT2D eigenvalue weighted by atomic mass is 79.9. The molecule has 1 amide bonds. The predicted octanol–water partition coefficient (Wildman–Crippen LogP) is 2.70. The molecule has 1 aliphatic rings. The van der Waals surface area contributed by atoms with Gasteiger partial charge in [-0.05, 0) is 41.0 Å². The third-order valence-electron chi connectivity index (χ3n) is 5.14. The van der Waals surface area contributed by atoms with Crippen LogP contribution in [0.2, 0.25) is 0 Å². The maximum atomic E-state index is 12.8. The van der Waals surface area contributed by atoms with Gasteiger partial charge >= 0.3 is 11.9 Å². The minimum Gasteiger partial charge on any atom is -0.507 e. The number of phenolic OH excluding ortho intramolecular Hbond substituents is 1. The predicted molar refractivity (Wildman–Crippen MR) is 123 cm³/mol. The lowest BCUT2D eigenvalue weighted by molar-refractivity contribution is -0.144. The van der Waals surface area contributed by atoms with E-state index in [0.717, 1.165) is 12.1 Å². The number of likely N-dealkylation sites (N-methyl/N-ethyl adjacent to an activating group) is 1. The third kappa shape index (κ3) is 5.99. The van der Waals surface area contributed by atoms with Gasteiger partial charge in [0.25, 0.3) is 5.91 Å². The molecule has 0 saturated carbocycles. The second-order valence-corrected chi connectivity index (χ2v) is 8.10. The van der Waals surface area contributed by atoms with Crippen LogP contribution >= 0.6 is 28.3 Å². The second-order valence-electron chi connectivity index (χ2n) is 7.24. The number of aromatic hydroxyl groups is 1. The molecular weight excluding hydrogens is 504 g/mol. The van der Waals surface area contributed by atoms with Gasteiger partial charge in [0, 0.05) is 19.0 Å². The van der Waals surface area contributed by atoms with Gasteiger partial charge in [0.1, 0.15) is 23.6 Å². The lowest BCUT2D eigenvalue weighted by Gasteiger charge is -2.35. The first-order valence-electron chi connectivity index (χ1n) is 9.67. The number of likely N-dealkylation sites (tertiary alicyclic amines) is 1. The number of hydrogen-bond acceptors (Lipinski definition) is 7. The molecule has 3 rings (SSSR count). The molecule has 2 N–H and O–H groups in total. The minimum atomic E-state index is -0.940. The number of nitrogens with one attached hydrogen (secondary N) is 1. The van der Waals surface area contributed by atoms with Gasteiger partial charge in [-0.25, -0.2) is 9.59 Å². The van der Waals surface area contributed by atoms with Crippen molar-refractivity contribution in [2.75, 3.05) is 20.7 Å². The van der Waals surface area contributed by atoms with E-state index in [-0.39, 0.29) is 41.9 Å². The highest BCUT2D eigenvalue weighted by Gasteiger charge is 2.33. The molecular formula is C22H24BrClN2O6. The van der Waals surface area contributed by atoms with Crippen molar-refractivity contribution in [2.45, 2.75) is 24.9 Å².